The van der Waals surface area contributed by atoms with Crippen molar-refractivity contribution >= 4 is 22.4 Å². The Kier molecular flexibility index (Phi) is 9.23. The summed E-state index contributed by atoms with van der Waals surface area (Å²) in [4.78, 5) is 3.75. The standard InChI is InChI=1S/C21H35NO2S/c1-4-7-9-11-14-22(15-12-10-8-5-2)21-20-19(23-16-17-24-20)18(25-21)13-6-3/h6,13H,4-5,7-12,14-17H2,1-3H3. The van der Waals surface area contributed by atoms with E-state index in [9.17, 15) is 0 Å². The van der Waals surface area contributed by atoms with Crippen molar-refractivity contribution in [2.75, 3.05) is 31.2 Å². The van der Waals surface area contributed by atoms with Crippen LogP contribution in [0.1, 0.15) is 77.0 Å². The van der Waals surface area contributed by atoms with Gasteiger partial charge in [0.25, 0.3) is 0 Å². The van der Waals surface area contributed by atoms with Gasteiger partial charge in [-0.3, -0.25) is 0 Å². The molecule has 0 aromatic carbocycles. The van der Waals surface area contributed by atoms with Crippen molar-refractivity contribution in [3.63, 3.8) is 0 Å². The van der Waals surface area contributed by atoms with Gasteiger partial charge in [0.1, 0.15) is 18.2 Å². The lowest BCUT2D eigenvalue weighted by molar-refractivity contribution is 0.173. The van der Waals surface area contributed by atoms with Gasteiger partial charge in [0, 0.05) is 13.1 Å². The summed E-state index contributed by atoms with van der Waals surface area (Å²) in [5, 5.41) is 1.27. The molecule has 0 fully saturated rings. The molecular weight excluding hydrogens is 330 g/mol. The van der Waals surface area contributed by atoms with Gasteiger partial charge in [-0.05, 0) is 25.8 Å². The van der Waals surface area contributed by atoms with Crippen molar-refractivity contribution in [2.24, 2.45) is 0 Å². The highest BCUT2D eigenvalue weighted by Gasteiger charge is 2.26. The molecule has 142 valence electrons. The Morgan fingerprint density at radius 2 is 1.48 bits per heavy atom. The van der Waals surface area contributed by atoms with E-state index >= 15 is 0 Å². The van der Waals surface area contributed by atoms with Crippen LogP contribution in [0.5, 0.6) is 11.5 Å². The first-order valence-corrected chi connectivity index (χ1v) is 10.9. The summed E-state index contributed by atoms with van der Waals surface area (Å²) in [6.45, 7) is 10.2. The van der Waals surface area contributed by atoms with Gasteiger partial charge in [-0.1, -0.05) is 58.4 Å². The minimum Gasteiger partial charge on any atom is -0.485 e. The third kappa shape index (κ3) is 5.95. The molecule has 1 aromatic heterocycles. The maximum absolute atomic E-state index is 6.03. The molecule has 0 spiro atoms. The Labute approximate surface area is 158 Å². The van der Waals surface area contributed by atoms with Crippen LogP contribution >= 0.6 is 11.3 Å². The summed E-state index contributed by atoms with van der Waals surface area (Å²) in [6.07, 6.45) is 14.6. The van der Waals surface area contributed by atoms with E-state index in [4.69, 9.17) is 9.47 Å². The first-order chi connectivity index (χ1) is 12.3. The lowest BCUT2D eigenvalue weighted by Gasteiger charge is -2.26. The van der Waals surface area contributed by atoms with Gasteiger partial charge < -0.3 is 14.4 Å². The molecule has 0 saturated heterocycles. The molecule has 1 aliphatic heterocycles. The van der Waals surface area contributed by atoms with Crippen molar-refractivity contribution < 1.29 is 9.47 Å². The van der Waals surface area contributed by atoms with Gasteiger partial charge in [0.2, 0.25) is 0 Å². The highest BCUT2D eigenvalue weighted by atomic mass is 32.1. The first kappa shape index (κ1) is 20.2. The molecule has 2 rings (SSSR count). The lowest BCUT2D eigenvalue weighted by atomic mass is 10.1. The van der Waals surface area contributed by atoms with E-state index in [1.165, 1.54) is 61.2 Å². The summed E-state index contributed by atoms with van der Waals surface area (Å²) in [5.74, 6) is 1.94. The van der Waals surface area contributed by atoms with Gasteiger partial charge in [0.15, 0.2) is 11.5 Å². The molecular formula is C21H35NO2S. The van der Waals surface area contributed by atoms with E-state index in [0.29, 0.717) is 13.2 Å². The molecule has 1 aromatic rings. The number of nitrogens with zero attached hydrogens (tertiary/aromatic N) is 1. The fourth-order valence-electron chi connectivity index (χ4n) is 3.20. The van der Waals surface area contributed by atoms with Crippen LogP contribution < -0.4 is 14.4 Å². The number of hydrogen-bond acceptors (Lipinski definition) is 4. The smallest absolute Gasteiger partial charge is 0.196 e. The second-order valence-corrected chi connectivity index (χ2v) is 7.77. The normalized spacial score (nSPS) is 13.6. The topological polar surface area (TPSA) is 21.7 Å². The molecule has 0 radical (unpaired) electrons. The molecule has 0 aliphatic carbocycles. The minimum absolute atomic E-state index is 0.653. The van der Waals surface area contributed by atoms with E-state index in [1.54, 1.807) is 0 Å². The Hall–Kier alpha value is -1.16. The van der Waals surface area contributed by atoms with Crippen LogP contribution in [0.4, 0.5) is 5.00 Å². The van der Waals surface area contributed by atoms with Crippen LogP contribution in [-0.4, -0.2) is 26.3 Å². The van der Waals surface area contributed by atoms with Crippen LogP contribution in [0.3, 0.4) is 0 Å². The molecule has 0 N–H and O–H groups in total. The molecule has 0 atom stereocenters. The molecule has 0 unspecified atom stereocenters. The van der Waals surface area contributed by atoms with E-state index < -0.39 is 0 Å². The van der Waals surface area contributed by atoms with Crippen molar-refractivity contribution in [3.05, 3.63) is 11.0 Å². The largest absolute Gasteiger partial charge is 0.485 e. The van der Waals surface area contributed by atoms with Crippen LogP contribution in [-0.2, 0) is 0 Å². The Morgan fingerprint density at radius 1 is 0.880 bits per heavy atom. The van der Waals surface area contributed by atoms with Crippen molar-refractivity contribution in [1.82, 2.24) is 0 Å². The average molecular weight is 366 g/mol. The number of allylic oxidation sites excluding steroid dienone is 1. The van der Waals surface area contributed by atoms with E-state index in [1.807, 2.05) is 11.3 Å². The number of hydrogen-bond donors (Lipinski definition) is 0. The van der Waals surface area contributed by atoms with Gasteiger partial charge in [0.05, 0.1) is 4.88 Å². The summed E-state index contributed by atoms with van der Waals surface area (Å²) < 4.78 is 12.0. The van der Waals surface area contributed by atoms with Gasteiger partial charge in [-0.2, -0.15) is 0 Å². The summed E-state index contributed by atoms with van der Waals surface area (Å²) >= 11 is 1.82. The number of anilines is 1. The van der Waals surface area contributed by atoms with Gasteiger partial charge in [-0.15, -0.1) is 11.3 Å². The van der Waals surface area contributed by atoms with Crippen molar-refractivity contribution in [1.29, 1.82) is 0 Å². The van der Waals surface area contributed by atoms with E-state index in [0.717, 1.165) is 24.6 Å². The molecule has 1 aliphatic rings. The zero-order valence-corrected chi connectivity index (χ0v) is 17.1. The number of unbranched alkanes of at least 4 members (excludes halogenated alkanes) is 6. The zero-order chi connectivity index (χ0) is 17.9. The molecule has 3 nitrogen and oxygen atoms in total. The predicted molar refractivity (Wildman–Crippen MR) is 111 cm³/mol. The number of ether oxygens (including phenoxy) is 2. The van der Waals surface area contributed by atoms with Crippen molar-refractivity contribution in [2.45, 2.75) is 72.1 Å². The quantitative estimate of drug-likeness (QED) is 0.394. The number of thiophene rings is 1. The summed E-state index contributed by atoms with van der Waals surface area (Å²) in [5.41, 5.74) is 0. The van der Waals surface area contributed by atoms with Gasteiger partial charge in [-0.25, -0.2) is 0 Å². The fraction of sp³-hybridized carbons (Fsp3) is 0.714. The second-order valence-electron chi connectivity index (χ2n) is 6.74. The molecule has 4 heteroatoms. The second kappa shape index (κ2) is 11.5. The van der Waals surface area contributed by atoms with Crippen LogP contribution in [0, 0.1) is 0 Å². The zero-order valence-electron chi connectivity index (χ0n) is 16.3. The fourth-order valence-corrected chi connectivity index (χ4v) is 4.41. The Balaban J connectivity index is 2.13. The summed E-state index contributed by atoms with van der Waals surface area (Å²) in [7, 11) is 0. The molecule has 25 heavy (non-hydrogen) atoms. The van der Waals surface area contributed by atoms with Crippen molar-refractivity contribution in [3.8, 4) is 11.5 Å². The number of fused-ring (bicyclic) bond motifs is 1. The maximum Gasteiger partial charge on any atom is 0.196 e. The SMILES string of the molecule is CC=Cc1sc(N(CCCCCC)CCCCCC)c2c1OCCO2. The summed E-state index contributed by atoms with van der Waals surface area (Å²) in [6, 6.07) is 0. The molecule has 0 bridgehead atoms. The Bertz CT molecular complexity index is 512. The van der Waals surface area contributed by atoms with Crippen LogP contribution in [0.15, 0.2) is 6.08 Å². The monoisotopic (exact) mass is 365 g/mol. The molecule has 2 heterocycles. The van der Waals surface area contributed by atoms with E-state index in [2.05, 4.69) is 37.8 Å². The third-order valence-electron chi connectivity index (χ3n) is 4.58. The highest BCUT2D eigenvalue weighted by molar-refractivity contribution is 7.17. The van der Waals surface area contributed by atoms with Gasteiger partial charge >= 0.3 is 0 Å². The molecule has 0 saturated carbocycles. The van der Waals surface area contributed by atoms with Crippen LogP contribution in [0.25, 0.3) is 6.08 Å². The maximum atomic E-state index is 6.03. The minimum atomic E-state index is 0.653. The lowest BCUT2D eigenvalue weighted by Crippen LogP contribution is -2.26. The first-order valence-electron chi connectivity index (χ1n) is 10.1. The number of rotatable bonds is 12. The van der Waals surface area contributed by atoms with Crippen LogP contribution in [0.2, 0.25) is 0 Å². The average Bonchev–Trinajstić information content (AvgIpc) is 3.00. The van der Waals surface area contributed by atoms with E-state index in [-0.39, 0.29) is 0 Å². The predicted octanol–water partition coefficient (Wildman–Crippen LogP) is 6.52. The molecule has 0 amide bonds. The third-order valence-corrected chi connectivity index (χ3v) is 5.75. The Morgan fingerprint density at radius 3 is 2.04 bits per heavy atom. The highest BCUT2D eigenvalue weighted by Crippen LogP contribution is 2.50.